The number of pyridine rings is 1. The van der Waals surface area contributed by atoms with E-state index in [2.05, 4.69) is 0 Å². The maximum atomic E-state index is 13.2. The summed E-state index contributed by atoms with van der Waals surface area (Å²) < 4.78 is 21.4. The molecule has 1 aromatic rings. The lowest BCUT2D eigenvalue weighted by atomic mass is 9.69. The average molecular weight is 500 g/mol. The third kappa shape index (κ3) is 5.82. The van der Waals surface area contributed by atoms with Gasteiger partial charge in [0.05, 0.1) is 31.8 Å². The van der Waals surface area contributed by atoms with Gasteiger partial charge in [0, 0.05) is 42.9 Å². The third-order valence-electron chi connectivity index (χ3n) is 7.68. The topological polar surface area (TPSA) is 103 Å². The van der Waals surface area contributed by atoms with E-state index >= 15 is 0 Å². The molecule has 3 atom stereocenters. The Morgan fingerprint density at radius 2 is 1.97 bits per heavy atom. The number of piperidine rings is 1. The molecule has 7 nitrogen and oxygen atoms in total. The van der Waals surface area contributed by atoms with Crippen molar-refractivity contribution in [1.29, 1.82) is 4.78 Å². The van der Waals surface area contributed by atoms with E-state index in [-0.39, 0.29) is 28.3 Å². The fourth-order valence-electron chi connectivity index (χ4n) is 5.40. The normalized spacial score (nSPS) is 26.5. The summed E-state index contributed by atoms with van der Waals surface area (Å²) in [4.78, 5) is 27.7. The summed E-state index contributed by atoms with van der Waals surface area (Å²) >= 11 is 6.05. The number of amides is 1. The van der Waals surface area contributed by atoms with E-state index in [0.29, 0.717) is 25.4 Å². The first kappa shape index (κ1) is 26.2. The number of carbonyl (C=O) groups is 1. The molecule has 186 valence electrons. The van der Waals surface area contributed by atoms with E-state index in [1.807, 2.05) is 25.7 Å². The Morgan fingerprint density at radius 3 is 2.55 bits per heavy atom. The summed E-state index contributed by atoms with van der Waals surface area (Å²) in [5.41, 5.74) is -2.34. The summed E-state index contributed by atoms with van der Waals surface area (Å²) in [5, 5.41) is 11.6. The van der Waals surface area contributed by atoms with Crippen LogP contribution in [-0.2, 0) is 21.1 Å². The van der Waals surface area contributed by atoms with E-state index < -0.39 is 26.3 Å². The number of hydrogen-bond donors (Lipinski definition) is 2. The van der Waals surface area contributed by atoms with Crippen LogP contribution in [0, 0.1) is 22.0 Å². The molecule has 1 aromatic heterocycles. The predicted octanol–water partition coefficient (Wildman–Crippen LogP) is 4.13. The number of halogens is 1. The minimum Gasteiger partial charge on any atom is -0.387 e. The van der Waals surface area contributed by atoms with E-state index in [4.69, 9.17) is 16.4 Å². The van der Waals surface area contributed by atoms with Crippen molar-refractivity contribution in [2.24, 2.45) is 17.3 Å². The molecule has 0 radical (unpaired) electrons. The lowest BCUT2D eigenvalue weighted by Crippen LogP contribution is -2.61. The highest BCUT2D eigenvalue weighted by Crippen LogP contribution is 2.41. The SMILES string of the molecule is CC(CC1CCCCC1)C(=O)N1CCC(O)(Cn2cc(S(C)(=N)=O)c(Cl)cc2=O)C(C)(C)C1. The van der Waals surface area contributed by atoms with Gasteiger partial charge in [0.15, 0.2) is 0 Å². The van der Waals surface area contributed by atoms with E-state index in [1.165, 1.54) is 49.1 Å². The van der Waals surface area contributed by atoms with E-state index in [9.17, 15) is 18.9 Å². The van der Waals surface area contributed by atoms with Crippen LogP contribution in [0.2, 0.25) is 5.02 Å². The number of aromatic nitrogens is 1. The molecule has 1 aliphatic heterocycles. The van der Waals surface area contributed by atoms with Crippen LogP contribution in [0.25, 0.3) is 0 Å². The molecule has 3 rings (SSSR count). The molecule has 9 heteroatoms. The zero-order chi connectivity index (χ0) is 24.6. The highest BCUT2D eigenvalue weighted by atomic mass is 35.5. The molecule has 2 heterocycles. The van der Waals surface area contributed by atoms with Crippen LogP contribution >= 0.6 is 11.6 Å². The van der Waals surface area contributed by atoms with Crippen molar-refractivity contribution in [2.75, 3.05) is 19.3 Å². The first-order valence-corrected chi connectivity index (χ1v) is 14.2. The van der Waals surface area contributed by atoms with Gasteiger partial charge in [-0.15, -0.1) is 0 Å². The number of nitrogens with one attached hydrogen (secondary N) is 1. The monoisotopic (exact) mass is 499 g/mol. The van der Waals surface area contributed by atoms with Crippen LogP contribution in [0.1, 0.15) is 65.7 Å². The van der Waals surface area contributed by atoms with Gasteiger partial charge in [-0.05, 0) is 18.8 Å². The lowest BCUT2D eigenvalue weighted by Gasteiger charge is -2.51. The third-order valence-corrected chi connectivity index (χ3v) is 9.27. The van der Waals surface area contributed by atoms with Gasteiger partial charge in [-0.25, -0.2) is 8.99 Å². The zero-order valence-electron chi connectivity index (χ0n) is 20.2. The maximum Gasteiger partial charge on any atom is 0.252 e. The smallest absolute Gasteiger partial charge is 0.252 e. The number of aliphatic hydroxyl groups is 1. The fourth-order valence-corrected chi connectivity index (χ4v) is 6.74. The zero-order valence-corrected chi connectivity index (χ0v) is 21.8. The van der Waals surface area contributed by atoms with Crippen molar-refractivity contribution in [3.05, 3.63) is 27.6 Å². The van der Waals surface area contributed by atoms with Gasteiger partial charge in [0.25, 0.3) is 5.56 Å². The lowest BCUT2D eigenvalue weighted by molar-refractivity contribution is -0.157. The van der Waals surface area contributed by atoms with Gasteiger partial charge in [-0.3, -0.25) is 9.59 Å². The Labute approximate surface area is 202 Å². The number of carbonyl (C=O) groups excluding carboxylic acids is 1. The molecule has 33 heavy (non-hydrogen) atoms. The van der Waals surface area contributed by atoms with Gasteiger partial charge < -0.3 is 14.6 Å². The number of likely N-dealkylation sites (tertiary alicyclic amines) is 1. The highest BCUT2D eigenvalue weighted by molar-refractivity contribution is 7.91. The van der Waals surface area contributed by atoms with Crippen molar-refractivity contribution in [2.45, 2.75) is 82.8 Å². The molecule has 0 aromatic carbocycles. The fraction of sp³-hybridized carbons (Fsp3) is 0.750. The second-order valence-corrected chi connectivity index (χ2v) is 13.4. The van der Waals surface area contributed by atoms with Crippen LogP contribution < -0.4 is 5.56 Å². The molecule has 1 saturated heterocycles. The molecule has 1 saturated carbocycles. The van der Waals surface area contributed by atoms with Gasteiger partial charge in [0.1, 0.15) is 0 Å². The molecular weight excluding hydrogens is 462 g/mol. The predicted molar refractivity (Wildman–Crippen MR) is 131 cm³/mol. The summed E-state index contributed by atoms with van der Waals surface area (Å²) in [6.45, 7) is 6.64. The van der Waals surface area contributed by atoms with Crippen molar-refractivity contribution < 1.29 is 14.1 Å². The standard InChI is InChI=1S/C24H38ClN3O4S/c1-17(12-18-8-6-5-7-9-18)22(30)27-11-10-24(31,23(2,3)15-27)16-28-14-20(33(4,26)32)19(25)13-21(28)29/h13-14,17-18,26,31H,5-12,15-16H2,1-4H3. The molecule has 2 N–H and O–H groups in total. The van der Waals surface area contributed by atoms with Crippen LogP contribution in [-0.4, -0.2) is 49.6 Å². The first-order chi connectivity index (χ1) is 15.2. The molecule has 1 aliphatic carbocycles. The molecule has 0 spiro atoms. The maximum absolute atomic E-state index is 13.2. The van der Waals surface area contributed by atoms with Crippen molar-refractivity contribution in [3.8, 4) is 0 Å². The Balaban J connectivity index is 1.74. The van der Waals surface area contributed by atoms with Gasteiger partial charge >= 0.3 is 0 Å². The Hall–Kier alpha value is -1.38. The molecule has 2 aliphatic rings. The van der Waals surface area contributed by atoms with Crippen molar-refractivity contribution in [1.82, 2.24) is 9.47 Å². The van der Waals surface area contributed by atoms with Crippen LogP contribution in [0.15, 0.2) is 22.0 Å². The van der Waals surface area contributed by atoms with E-state index in [1.54, 1.807) is 0 Å². The molecule has 0 bridgehead atoms. The Morgan fingerprint density at radius 1 is 1.33 bits per heavy atom. The molecule has 2 fully saturated rings. The number of hydrogen-bond acceptors (Lipinski definition) is 5. The van der Waals surface area contributed by atoms with Crippen LogP contribution in [0.3, 0.4) is 0 Å². The van der Waals surface area contributed by atoms with Gasteiger partial charge in [0.2, 0.25) is 5.91 Å². The summed E-state index contributed by atoms with van der Waals surface area (Å²) in [5.74, 6) is 0.733. The molecular formula is C24H38ClN3O4S. The minimum absolute atomic E-state index is 0.00244. The first-order valence-electron chi connectivity index (χ1n) is 11.9. The van der Waals surface area contributed by atoms with Crippen molar-refractivity contribution in [3.63, 3.8) is 0 Å². The Kier molecular flexibility index (Phi) is 7.71. The van der Waals surface area contributed by atoms with Crippen molar-refractivity contribution >= 4 is 27.2 Å². The highest BCUT2D eigenvalue weighted by Gasteiger charge is 2.49. The Bertz CT molecular complexity index is 1050. The summed E-state index contributed by atoms with van der Waals surface area (Å²) in [6, 6.07) is 1.15. The van der Waals surface area contributed by atoms with E-state index in [0.717, 1.165) is 12.5 Å². The van der Waals surface area contributed by atoms with Crippen LogP contribution in [0.5, 0.6) is 0 Å². The molecule has 3 unspecified atom stereocenters. The number of rotatable bonds is 6. The second kappa shape index (κ2) is 9.70. The van der Waals surface area contributed by atoms with Gasteiger partial charge in [-0.2, -0.15) is 0 Å². The molecule has 1 amide bonds. The number of nitrogens with zero attached hydrogens (tertiary/aromatic N) is 2. The average Bonchev–Trinajstić information content (AvgIpc) is 2.71. The summed E-state index contributed by atoms with van der Waals surface area (Å²) in [6.07, 6.45) is 10.1. The quantitative estimate of drug-likeness (QED) is 0.614. The largest absolute Gasteiger partial charge is 0.387 e. The second-order valence-electron chi connectivity index (χ2n) is 10.9. The minimum atomic E-state index is -3.13. The summed E-state index contributed by atoms with van der Waals surface area (Å²) in [7, 11) is -3.13. The van der Waals surface area contributed by atoms with Crippen LogP contribution in [0.4, 0.5) is 0 Å². The van der Waals surface area contributed by atoms with Gasteiger partial charge in [-0.1, -0.05) is 64.5 Å².